The molecule has 2 saturated carbocycles. The van der Waals surface area contributed by atoms with E-state index in [1.807, 2.05) is 0 Å². The summed E-state index contributed by atoms with van der Waals surface area (Å²) in [6.07, 6.45) is 6.62. The van der Waals surface area contributed by atoms with Gasteiger partial charge in [0.05, 0.1) is 6.26 Å². The number of sulfonamides is 1. The third-order valence-corrected chi connectivity index (χ3v) is 3.86. The Morgan fingerprint density at radius 1 is 1.13 bits per heavy atom. The highest BCUT2D eigenvalue weighted by Gasteiger charge is 2.40. The molecular weight excluding hydrogens is 212 g/mol. The normalized spacial score (nSPS) is 22.3. The zero-order valence-electron chi connectivity index (χ0n) is 9.20. The maximum absolute atomic E-state index is 10.8. The molecular formula is C10H20N2O2S. The molecule has 0 spiro atoms. The second kappa shape index (κ2) is 4.39. The second-order valence-electron chi connectivity index (χ2n) is 4.82. The zero-order chi connectivity index (χ0) is 10.9. The molecule has 0 atom stereocenters. The quantitative estimate of drug-likeness (QED) is 0.621. The van der Waals surface area contributed by atoms with Crippen molar-refractivity contribution in [2.24, 2.45) is 11.8 Å². The molecule has 0 amide bonds. The van der Waals surface area contributed by atoms with E-state index < -0.39 is 10.0 Å². The highest BCUT2D eigenvalue weighted by molar-refractivity contribution is 7.88. The number of hydrogen-bond acceptors (Lipinski definition) is 3. The first-order chi connectivity index (χ1) is 7.06. The van der Waals surface area contributed by atoms with Crippen molar-refractivity contribution in [3.63, 3.8) is 0 Å². The average Bonchev–Trinajstić information content (AvgIpc) is 2.98. The Morgan fingerprint density at radius 3 is 2.07 bits per heavy atom. The molecule has 0 radical (unpaired) electrons. The lowest BCUT2D eigenvalue weighted by Crippen LogP contribution is -2.39. The maximum Gasteiger partial charge on any atom is 0.208 e. The van der Waals surface area contributed by atoms with Gasteiger partial charge in [0, 0.05) is 19.1 Å². The Bertz CT molecular complexity index is 295. The summed E-state index contributed by atoms with van der Waals surface area (Å²) in [6.45, 7) is 1.26. The summed E-state index contributed by atoms with van der Waals surface area (Å²) < 4.78 is 24.2. The van der Waals surface area contributed by atoms with Gasteiger partial charge < -0.3 is 5.32 Å². The lowest BCUT2D eigenvalue weighted by Gasteiger charge is -2.17. The Hall–Kier alpha value is -0.130. The minimum Gasteiger partial charge on any atom is -0.312 e. The summed E-state index contributed by atoms with van der Waals surface area (Å²) >= 11 is 0. The largest absolute Gasteiger partial charge is 0.312 e. The van der Waals surface area contributed by atoms with Crippen LogP contribution in [0.3, 0.4) is 0 Å². The number of nitrogens with one attached hydrogen (secondary N) is 2. The van der Waals surface area contributed by atoms with Gasteiger partial charge in [0.1, 0.15) is 0 Å². The van der Waals surface area contributed by atoms with Crippen LogP contribution in [0.25, 0.3) is 0 Å². The minimum absolute atomic E-state index is 0.509. The van der Waals surface area contributed by atoms with Crippen molar-refractivity contribution in [3.8, 4) is 0 Å². The molecule has 0 aromatic heterocycles. The molecule has 15 heavy (non-hydrogen) atoms. The van der Waals surface area contributed by atoms with Gasteiger partial charge in [-0.2, -0.15) is 0 Å². The van der Waals surface area contributed by atoms with Crippen LogP contribution in [0.2, 0.25) is 0 Å². The van der Waals surface area contributed by atoms with Crippen LogP contribution in [-0.4, -0.2) is 33.8 Å². The zero-order valence-corrected chi connectivity index (χ0v) is 10.0. The fourth-order valence-electron chi connectivity index (χ4n) is 2.10. The molecule has 2 fully saturated rings. The molecule has 0 aromatic rings. The van der Waals surface area contributed by atoms with Gasteiger partial charge >= 0.3 is 0 Å². The van der Waals surface area contributed by atoms with Crippen molar-refractivity contribution < 1.29 is 8.42 Å². The lowest BCUT2D eigenvalue weighted by molar-refractivity contribution is 0.419. The van der Waals surface area contributed by atoms with Gasteiger partial charge in [-0.15, -0.1) is 0 Å². The van der Waals surface area contributed by atoms with Crippen LogP contribution in [0.4, 0.5) is 0 Å². The van der Waals surface area contributed by atoms with E-state index >= 15 is 0 Å². The Labute approximate surface area is 91.9 Å². The van der Waals surface area contributed by atoms with E-state index in [2.05, 4.69) is 10.0 Å². The van der Waals surface area contributed by atoms with Gasteiger partial charge in [0.15, 0.2) is 0 Å². The smallest absolute Gasteiger partial charge is 0.208 e. The first-order valence-electron chi connectivity index (χ1n) is 5.74. The third-order valence-electron chi connectivity index (χ3n) is 3.13. The van der Waals surface area contributed by atoms with Gasteiger partial charge in [0.2, 0.25) is 10.0 Å². The van der Waals surface area contributed by atoms with Crippen LogP contribution in [0.5, 0.6) is 0 Å². The maximum atomic E-state index is 10.8. The predicted octanol–water partition coefficient (Wildman–Crippen LogP) is 0.314. The summed E-state index contributed by atoms with van der Waals surface area (Å²) in [6, 6.07) is 0.659. The summed E-state index contributed by atoms with van der Waals surface area (Å²) in [5.74, 6) is 1.74. The second-order valence-corrected chi connectivity index (χ2v) is 6.65. The van der Waals surface area contributed by atoms with Crippen molar-refractivity contribution >= 4 is 10.0 Å². The van der Waals surface area contributed by atoms with Crippen LogP contribution in [-0.2, 0) is 10.0 Å². The lowest BCUT2D eigenvalue weighted by atomic mass is 10.1. The summed E-state index contributed by atoms with van der Waals surface area (Å²) in [7, 11) is -3.02. The Balaban J connectivity index is 1.63. The Morgan fingerprint density at radius 2 is 1.67 bits per heavy atom. The molecule has 2 aliphatic carbocycles. The molecule has 0 saturated heterocycles. The standard InChI is InChI=1S/C10H20N2O2S/c1-15(13,14)12-7-6-11-10(8-2-3-8)9-4-5-9/h8-12H,2-7H2,1H3. The summed E-state index contributed by atoms with van der Waals surface area (Å²) in [5.41, 5.74) is 0. The molecule has 0 aliphatic heterocycles. The monoisotopic (exact) mass is 232 g/mol. The first-order valence-corrected chi connectivity index (χ1v) is 7.63. The molecule has 0 aromatic carbocycles. The highest BCUT2D eigenvalue weighted by Crippen LogP contribution is 2.44. The molecule has 0 heterocycles. The topological polar surface area (TPSA) is 58.2 Å². The molecule has 4 nitrogen and oxygen atoms in total. The van der Waals surface area contributed by atoms with E-state index in [1.165, 1.54) is 31.9 Å². The fraction of sp³-hybridized carbons (Fsp3) is 1.00. The van der Waals surface area contributed by atoms with Crippen molar-refractivity contribution in [1.29, 1.82) is 0 Å². The van der Waals surface area contributed by atoms with E-state index in [1.54, 1.807) is 0 Å². The first kappa shape index (κ1) is 11.4. The molecule has 5 heteroatoms. The van der Waals surface area contributed by atoms with Crippen LogP contribution >= 0.6 is 0 Å². The molecule has 2 N–H and O–H groups in total. The Kier molecular flexibility index (Phi) is 3.33. The molecule has 2 rings (SSSR count). The predicted molar refractivity (Wildman–Crippen MR) is 60.1 cm³/mol. The molecule has 0 bridgehead atoms. The number of rotatable bonds is 7. The van der Waals surface area contributed by atoms with Crippen LogP contribution in [0, 0.1) is 11.8 Å². The fourth-order valence-corrected chi connectivity index (χ4v) is 2.58. The van der Waals surface area contributed by atoms with Gasteiger partial charge in [-0.3, -0.25) is 0 Å². The average molecular weight is 232 g/mol. The van der Waals surface area contributed by atoms with Gasteiger partial charge in [0.25, 0.3) is 0 Å². The van der Waals surface area contributed by atoms with Crippen LogP contribution in [0.15, 0.2) is 0 Å². The van der Waals surface area contributed by atoms with Crippen LogP contribution < -0.4 is 10.0 Å². The highest BCUT2D eigenvalue weighted by atomic mass is 32.2. The molecule has 88 valence electrons. The van der Waals surface area contributed by atoms with Crippen molar-refractivity contribution in [1.82, 2.24) is 10.0 Å². The van der Waals surface area contributed by atoms with E-state index in [0.29, 0.717) is 12.6 Å². The number of hydrogen-bond donors (Lipinski definition) is 2. The van der Waals surface area contributed by atoms with Crippen molar-refractivity contribution in [2.45, 2.75) is 31.7 Å². The van der Waals surface area contributed by atoms with E-state index in [-0.39, 0.29) is 0 Å². The summed E-state index contributed by atoms with van der Waals surface area (Å²) in [4.78, 5) is 0. The van der Waals surface area contributed by atoms with Crippen molar-refractivity contribution in [3.05, 3.63) is 0 Å². The van der Waals surface area contributed by atoms with Gasteiger partial charge in [-0.05, 0) is 37.5 Å². The molecule has 2 aliphatic rings. The van der Waals surface area contributed by atoms with E-state index in [9.17, 15) is 8.42 Å². The molecule has 0 unspecified atom stereocenters. The van der Waals surface area contributed by atoms with Gasteiger partial charge in [-0.1, -0.05) is 0 Å². The SMILES string of the molecule is CS(=O)(=O)NCCNC(C1CC1)C1CC1. The van der Waals surface area contributed by atoms with Crippen LogP contribution in [0.1, 0.15) is 25.7 Å². The minimum atomic E-state index is -3.02. The van der Waals surface area contributed by atoms with Crippen molar-refractivity contribution in [2.75, 3.05) is 19.3 Å². The van der Waals surface area contributed by atoms with E-state index in [0.717, 1.165) is 18.4 Å². The third kappa shape index (κ3) is 4.09. The van der Waals surface area contributed by atoms with E-state index in [4.69, 9.17) is 0 Å². The summed E-state index contributed by atoms with van der Waals surface area (Å²) in [5, 5.41) is 3.49. The van der Waals surface area contributed by atoms with Gasteiger partial charge in [-0.25, -0.2) is 13.1 Å².